The van der Waals surface area contributed by atoms with Crippen LogP contribution in [0.4, 0.5) is 4.79 Å². The molecule has 1 rings (SSSR count). The molecule has 1 aliphatic heterocycles. The van der Waals surface area contributed by atoms with Crippen LogP contribution in [0.2, 0.25) is 0 Å². The number of aliphatic hydroxyl groups excluding tert-OH is 3. The third-order valence-electron chi connectivity index (χ3n) is 5.49. The Morgan fingerprint density at radius 3 is 2.19 bits per heavy atom. The number of carbonyl (C=O) groups excluding carboxylic acids is 3. The average molecular weight is 630 g/mol. The monoisotopic (exact) mass is 629 g/mol. The van der Waals surface area contributed by atoms with E-state index in [4.69, 9.17) is 23.3 Å². The van der Waals surface area contributed by atoms with Crippen molar-refractivity contribution in [3.8, 4) is 0 Å². The molecule has 0 aliphatic carbocycles. The number of hydrogen-bond acceptors (Lipinski definition) is 12. The zero-order valence-corrected chi connectivity index (χ0v) is 26.2. The number of phosphoric ester groups is 1. The lowest BCUT2D eigenvalue weighted by Crippen LogP contribution is -2.64. The van der Waals surface area contributed by atoms with Crippen molar-refractivity contribution in [3.63, 3.8) is 0 Å². The minimum Gasteiger partial charge on any atom is -0.447 e. The number of aliphatic hydroxyl groups is 3. The minimum atomic E-state index is -4.41. The third-order valence-corrected chi connectivity index (χ3v) is 6.83. The molecule has 0 aromatic heterocycles. The summed E-state index contributed by atoms with van der Waals surface area (Å²) >= 11 is 0. The fourth-order valence-corrected chi connectivity index (χ4v) is 5.16. The molecule has 1 aliphatic rings. The molecule has 0 radical (unpaired) electrons. The minimum absolute atomic E-state index is 0.134. The smallest absolute Gasteiger partial charge is 0.447 e. The van der Waals surface area contributed by atoms with Crippen LogP contribution in [0.1, 0.15) is 61.3 Å². The van der Waals surface area contributed by atoms with E-state index in [1.807, 2.05) is 20.8 Å². The van der Waals surface area contributed by atoms with Crippen LogP contribution in [0.5, 0.6) is 0 Å². The number of amides is 3. The van der Waals surface area contributed by atoms with Gasteiger partial charge in [-0.15, -0.1) is 0 Å². The first kappa shape index (κ1) is 38.1. The lowest BCUT2D eigenvalue weighted by molar-refractivity contribution is -0.268. The summed E-state index contributed by atoms with van der Waals surface area (Å²) in [5, 5.41) is 37.1. The summed E-state index contributed by atoms with van der Waals surface area (Å²) in [4.78, 5) is 45.9. The average Bonchev–Trinajstić information content (AvgIpc) is 2.81. The lowest BCUT2D eigenvalue weighted by Gasteiger charge is -2.42. The van der Waals surface area contributed by atoms with E-state index in [1.165, 1.54) is 6.92 Å². The number of hydrogen-bond donors (Lipinski definition) is 7. The van der Waals surface area contributed by atoms with Crippen LogP contribution in [0.3, 0.4) is 0 Å². The normalized spacial score (nSPS) is 25.2. The van der Waals surface area contributed by atoms with Crippen molar-refractivity contribution in [3.05, 3.63) is 0 Å². The molecule has 42 heavy (non-hydrogen) atoms. The van der Waals surface area contributed by atoms with E-state index in [0.29, 0.717) is 12.8 Å². The molecule has 0 bridgehead atoms. The zero-order chi connectivity index (χ0) is 32.3. The molecule has 17 heteroatoms. The van der Waals surface area contributed by atoms with Gasteiger partial charge in [0.05, 0.1) is 12.2 Å². The molecule has 0 spiro atoms. The Morgan fingerprint density at radius 2 is 1.64 bits per heavy atom. The molecule has 0 saturated carbocycles. The van der Waals surface area contributed by atoms with Gasteiger partial charge < -0.3 is 50.4 Å². The highest BCUT2D eigenvalue weighted by molar-refractivity contribution is 7.47. The van der Waals surface area contributed by atoms with Crippen molar-refractivity contribution in [1.82, 2.24) is 16.0 Å². The number of rotatable bonds is 15. The first-order valence-electron chi connectivity index (χ1n) is 13.6. The van der Waals surface area contributed by atoms with Gasteiger partial charge in [-0.25, -0.2) is 9.36 Å². The van der Waals surface area contributed by atoms with Gasteiger partial charge in [0.25, 0.3) is 0 Å². The summed E-state index contributed by atoms with van der Waals surface area (Å²) in [5.74, 6) is -1.08. The van der Waals surface area contributed by atoms with Crippen LogP contribution in [-0.2, 0) is 37.4 Å². The van der Waals surface area contributed by atoms with Gasteiger partial charge in [0.1, 0.15) is 43.7 Å². The second-order valence-electron chi connectivity index (χ2n) is 12.1. The van der Waals surface area contributed by atoms with Crippen LogP contribution in [0, 0.1) is 5.41 Å². The predicted octanol–water partition coefficient (Wildman–Crippen LogP) is -0.0839. The number of alkyl carbamates (subject to hydrolysis) is 1. The van der Waals surface area contributed by atoms with Crippen molar-refractivity contribution in [1.29, 1.82) is 0 Å². The van der Waals surface area contributed by atoms with Crippen molar-refractivity contribution in [2.45, 2.75) is 104 Å². The fraction of sp³-hybridized carbons (Fsp3) is 0.880. The Labute approximate surface area is 246 Å². The van der Waals surface area contributed by atoms with Crippen molar-refractivity contribution in [2.75, 3.05) is 32.9 Å². The van der Waals surface area contributed by atoms with Gasteiger partial charge in [-0.05, 0) is 39.0 Å². The quantitative estimate of drug-likeness (QED) is 0.0929. The molecule has 7 atom stereocenters. The van der Waals surface area contributed by atoms with E-state index in [0.717, 1.165) is 0 Å². The molecule has 1 saturated heterocycles. The van der Waals surface area contributed by atoms with Crippen molar-refractivity contribution < 1.29 is 62.4 Å². The summed E-state index contributed by atoms with van der Waals surface area (Å²) in [6.45, 7) is 10.6. The Bertz CT molecular complexity index is 924. The summed E-state index contributed by atoms with van der Waals surface area (Å²) < 4.78 is 38.7. The molecule has 1 fully saturated rings. The third kappa shape index (κ3) is 15.5. The molecule has 16 nitrogen and oxygen atoms in total. The number of ether oxygens (including phenoxy) is 3. The first-order chi connectivity index (χ1) is 19.2. The Hall–Kier alpha value is -1.88. The molecule has 246 valence electrons. The lowest BCUT2D eigenvalue weighted by atomic mass is 9.89. The Balaban J connectivity index is 2.44. The van der Waals surface area contributed by atoms with Gasteiger partial charge in [-0.1, -0.05) is 20.8 Å². The Morgan fingerprint density at radius 1 is 1.02 bits per heavy atom. The maximum Gasteiger partial charge on any atom is 0.473 e. The molecular formula is C25H48N3O13P. The molecule has 7 N–H and O–H groups in total. The van der Waals surface area contributed by atoms with E-state index in [-0.39, 0.29) is 25.1 Å². The van der Waals surface area contributed by atoms with Gasteiger partial charge in [0.15, 0.2) is 6.29 Å². The predicted molar refractivity (Wildman–Crippen MR) is 148 cm³/mol. The zero-order valence-electron chi connectivity index (χ0n) is 25.3. The van der Waals surface area contributed by atoms with Crippen LogP contribution < -0.4 is 16.0 Å². The van der Waals surface area contributed by atoms with E-state index in [1.54, 1.807) is 20.8 Å². The van der Waals surface area contributed by atoms with Gasteiger partial charge in [-0.2, -0.15) is 0 Å². The van der Waals surface area contributed by atoms with E-state index >= 15 is 0 Å². The maximum atomic E-state index is 12.4. The highest BCUT2D eigenvalue weighted by Gasteiger charge is 2.45. The van der Waals surface area contributed by atoms with Crippen LogP contribution in [0.15, 0.2) is 0 Å². The van der Waals surface area contributed by atoms with Crippen molar-refractivity contribution >= 4 is 25.7 Å². The summed E-state index contributed by atoms with van der Waals surface area (Å²) in [6, 6.07) is -1.17. The fourth-order valence-electron chi connectivity index (χ4n) is 3.91. The molecule has 3 amide bonds. The van der Waals surface area contributed by atoms with Gasteiger partial charge in [0.2, 0.25) is 11.8 Å². The number of carbonyl (C=O) groups is 3. The van der Waals surface area contributed by atoms with Gasteiger partial charge >= 0.3 is 13.9 Å². The largest absolute Gasteiger partial charge is 0.473 e. The van der Waals surface area contributed by atoms with Crippen LogP contribution >= 0.6 is 7.82 Å². The van der Waals surface area contributed by atoms with Crippen LogP contribution in [0.25, 0.3) is 0 Å². The highest BCUT2D eigenvalue weighted by Crippen LogP contribution is 2.49. The molecule has 1 unspecified atom stereocenters. The highest BCUT2D eigenvalue weighted by atomic mass is 31.2. The van der Waals surface area contributed by atoms with E-state index < -0.39 is 81.3 Å². The second-order valence-corrected chi connectivity index (χ2v) is 13.5. The number of phosphoric acid groups is 1. The summed E-state index contributed by atoms with van der Waals surface area (Å²) in [7, 11) is -4.41. The topological polar surface area (TPSA) is 231 Å². The van der Waals surface area contributed by atoms with Crippen molar-refractivity contribution in [2.24, 2.45) is 5.41 Å². The molecule has 0 aromatic rings. The first-order valence-corrected chi connectivity index (χ1v) is 15.1. The molecule has 0 aromatic carbocycles. The Kier molecular flexibility index (Phi) is 15.3. The summed E-state index contributed by atoms with van der Waals surface area (Å²) in [6.07, 6.45) is -6.52. The summed E-state index contributed by atoms with van der Waals surface area (Å²) in [5.41, 5.74) is -1.23. The molecule has 1 heterocycles. The SMILES string of the molecule is CC(=O)N[C@H]1[C@H](OCC(=O)NCCCNC(=O)OC[C@@H](CC(C)(C)C)OP(=O)(O)OC(C)(C)C)O[C@H](CO)[C@H](O)[C@@H]1O. The number of nitrogens with one attached hydrogen (secondary N) is 3. The second kappa shape index (κ2) is 16.8. The standard InChI is InChI=1S/C25H48N3O13P/c1-15(30)28-19-21(33)20(32)17(12-29)39-22(19)37-14-18(31)26-9-8-10-27-23(34)38-13-16(11-24(2,3)4)40-42(35,36)41-25(5,6)7/h16-17,19-22,29,32-33H,8-14H2,1-7H3,(H,26,31)(H,27,34)(H,28,30)(H,35,36)/t16-,17-,19-,20+,21-,22-/m1/s1. The van der Waals surface area contributed by atoms with E-state index in [9.17, 15) is 39.2 Å². The maximum absolute atomic E-state index is 12.4. The van der Waals surface area contributed by atoms with Crippen LogP contribution in [-0.4, -0.2) is 113 Å². The van der Waals surface area contributed by atoms with Gasteiger partial charge in [-0.3, -0.25) is 18.6 Å². The molecular weight excluding hydrogens is 581 g/mol. The van der Waals surface area contributed by atoms with E-state index in [2.05, 4.69) is 16.0 Å². The van der Waals surface area contributed by atoms with Gasteiger partial charge in [0, 0.05) is 20.0 Å².